The van der Waals surface area contributed by atoms with Crippen molar-refractivity contribution in [3.63, 3.8) is 0 Å². The first-order valence-corrected chi connectivity index (χ1v) is 8.11. The Labute approximate surface area is 130 Å². The molecule has 0 aromatic rings. The van der Waals surface area contributed by atoms with Gasteiger partial charge in [-0.3, -0.25) is 9.69 Å². The Kier molecular flexibility index (Phi) is 9.27. The predicted molar refractivity (Wildman–Crippen MR) is 90.6 cm³/mol. The molecule has 0 saturated carbocycles. The molecule has 3 nitrogen and oxygen atoms in total. The third kappa shape index (κ3) is 6.04. The molecule has 1 atom stereocenters. The summed E-state index contributed by atoms with van der Waals surface area (Å²) in [5.74, 6) is -0.706. The molecule has 122 valence electrons. The summed E-state index contributed by atoms with van der Waals surface area (Å²) in [4.78, 5) is 13.9. The highest BCUT2D eigenvalue weighted by Crippen LogP contribution is 2.26. The van der Waals surface area contributed by atoms with Crippen molar-refractivity contribution >= 4 is 5.97 Å². The fourth-order valence-corrected chi connectivity index (χ4v) is 2.73. The van der Waals surface area contributed by atoms with Gasteiger partial charge in [-0.25, -0.2) is 0 Å². The molecule has 0 aliphatic heterocycles. The van der Waals surface area contributed by atoms with Gasteiger partial charge in [0.05, 0.1) is 0 Å². The van der Waals surface area contributed by atoms with Gasteiger partial charge in [-0.2, -0.15) is 0 Å². The molecular formula is C18H33NO2. The SMILES string of the molecule is CCN(CC)C(CC)(C/C=C(\C)CCC=C(C)C)C(=O)O. The number of nitrogens with zero attached hydrogens (tertiary/aromatic N) is 1. The van der Waals surface area contributed by atoms with Gasteiger partial charge in [0.15, 0.2) is 0 Å². The van der Waals surface area contributed by atoms with Crippen LogP contribution < -0.4 is 0 Å². The van der Waals surface area contributed by atoms with E-state index < -0.39 is 11.5 Å². The van der Waals surface area contributed by atoms with Gasteiger partial charge in [0.2, 0.25) is 0 Å². The normalized spacial score (nSPS) is 14.9. The number of hydrogen-bond donors (Lipinski definition) is 1. The third-order valence-corrected chi connectivity index (χ3v) is 4.23. The highest BCUT2D eigenvalue weighted by molar-refractivity contribution is 5.79. The molecule has 0 heterocycles. The van der Waals surface area contributed by atoms with Gasteiger partial charge in [-0.1, -0.05) is 44.1 Å². The van der Waals surface area contributed by atoms with E-state index in [0.29, 0.717) is 12.8 Å². The van der Waals surface area contributed by atoms with E-state index >= 15 is 0 Å². The fraction of sp³-hybridized carbons (Fsp3) is 0.722. The van der Waals surface area contributed by atoms with Gasteiger partial charge in [-0.05, 0) is 59.5 Å². The summed E-state index contributed by atoms with van der Waals surface area (Å²) in [5.41, 5.74) is 1.85. The van der Waals surface area contributed by atoms with E-state index in [2.05, 4.69) is 37.8 Å². The van der Waals surface area contributed by atoms with E-state index in [9.17, 15) is 9.90 Å². The lowest BCUT2D eigenvalue weighted by atomic mass is 9.88. The second kappa shape index (κ2) is 9.78. The minimum atomic E-state index is -0.763. The van der Waals surface area contributed by atoms with Crippen LogP contribution in [0.25, 0.3) is 0 Å². The predicted octanol–water partition coefficient (Wildman–Crippen LogP) is 4.64. The van der Waals surface area contributed by atoms with Crippen LogP contribution in [0, 0.1) is 0 Å². The molecule has 0 aromatic carbocycles. The number of rotatable bonds is 10. The van der Waals surface area contributed by atoms with Crippen LogP contribution in [0.3, 0.4) is 0 Å². The van der Waals surface area contributed by atoms with E-state index in [4.69, 9.17) is 0 Å². The summed E-state index contributed by atoms with van der Waals surface area (Å²) in [7, 11) is 0. The Balaban J connectivity index is 4.98. The monoisotopic (exact) mass is 295 g/mol. The molecule has 0 saturated heterocycles. The Morgan fingerprint density at radius 3 is 2.05 bits per heavy atom. The molecule has 0 aromatic heterocycles. The summed E-state index contributed by atoms with van der Waals surface area (Å²) in [5, 5.41) is 9.74. The van der Waals surface area contributed by atoms with Crippen molar-refractivity contribution in [3.05, 3.63) is 23.3 Å². The van der Waals surface area contributed by atoms with E-state index in [1.165, 1.54) is 11.1 Å². The minimum Gasteiger partial charge on any atom is -0.480 e. The first-order valence-electron chi connectivity index (χ1n) is 8.11. The van der Waals surface area contributed by atoms with Crippen molar-refractivity contribution in [1.82, 2.24) is 4.90 Å². The summed E-state index contributed by atoms with van der Waals surface area (Å²) >= 11 is 0. The molecule has 0 fully saturated rings. The number of carbonyl (C=O) groups is 1. The summed E-state index contributed by atoms with van der Waals surface area (Å²) in [6.07, 6.45) is 7.59. The first-order chi connectivity index (χ1) is 9.83. The molecule has 0 rings (SSSR count). The van der Waals surface area contributed by atoms with Crippen LogP contribution in [0.5, 0.6) is 0 Å². The van der Waals surface area contributed by atoms with Crippen molar-refractivity contribution in [2.24, 2.45) is 0 Å². The zero-order valence-corrected chi connectivity index (χ0v) is 14.7. The molecule has 0 spiro atoms. The van der Waals surface area contributed by atoms with Gasteiger partial charge < -0.3 is 5.11 Å². The van der Waals surface area contributed by atoms with Crippen LogP contribution in [0.4, 0.5) is 0 Å². The standard InChI is InChI=1S/C18H33NO2/c1-7-18(17(20)21,19(8-2)9-3)14-13-16(6)12-10-11-15(4)5/h11,13H,7-10,12,14H2,1-6H3,(H,20,21)/b16-13+. The second-order valence-corrected chi connectivity index (χ2v) is 5.94. The van der Waals surface area contributed by atoms with Crippen molar-refractivity contribution in [2.45, 2.75) is 72.8 Å². The highest BCUT2D eigenvalue weighted by Gasteiger charge is 2.40. The molecule has 0 aliphatic carbocycles. The summed E-state index contributed by atoms with van der Waals surface area (Å²) in [6.45, 7) is 13.9. The molecule has 1 N–H and O–H groups in total. The Hall–Kier alpha value is -1.09. The van der Waals surface area contributed by atoms with Crippen LogP contribution in [-0.2, 0) is 4.79 Å². The van der Waals surface area contributed by atoms with Crippen LogP contribution in [0.1, 0.15) is 67.2 Å². The molecule has 21 heavy (non-hydrogen) atoms. The zero-order valence-electron chi connectivity index (χ0n) is 14.7. The average molecular weight is 295 g/mol. The van der Waals surface area contributed by atoms with Crippen molar-refractivity contribution in [1.29, 1.82) is 0 Å². The quantitative estimate of drug-likeness (QED) is 0.597. The van der Waals surface area contributed by atoms with E-state index in [0.717, 1.165) is 25.9 Å². The molecular weight excluding hydrogens is 262 g/mol. The number of aliphatic carboxylic acids is 1. The topological polar surface area (TPSA) is 40.5 Å². The maximum absolute atomic E-state index is 11.8. The van der Waals surface area contributed by atoms with E-state index in [1.54, 1.807) is 0 Å². The summed E-state index contributed by atoms with van der Waals surface area (Å²) < 4.78 is 0. The van der Waals surface area contributed by atoms with Gasteiger partial charge in [0.1, 0.15) is 5.54 Å². The van der Waals surface area contributed by atoms with Gasteiger partial charge >= 0.3 is 5.97 Å². The summed E-state index contributed by atoms with van der Waals surface area (Å²) in [6, 6.07) is 0. The molecule has 0 bridgehead atoms. The van der Waals surface area contributed by atoms with Crippen LogP contribution in [-0.4, -0.2) is 34.6 Å². The number of allylic oxidation sites excluding steroid dienone is 3. The minimum absolute atomic E-state index is 0.584. The number of carboxylic acids is 1. The van der Waals surface area contributed by atoms with E-state index in [1.807, 2.05) is 20.8 Å². The average Bonchev–Trinajstić information content (AvgIpc) is 2.42. The van der Waals surface area contributed by atoms with Gasteiger partial charge in [-0.15, -0.1) is 0 Å². The van der Waals surface area contributed by atoms with Crippen LogP contribution in [0.15, 0.2) is 23.3 Å². The maximum Gasteiger partial charge on any atom is 0.324 e. The molecule has 0 aliphatic rings. The zero-order chi connectivity index (χ0) is 16.5. The Morgan fingerprint density at radius 1 is 1.10 bits per heavy atom. The second-order valence-electron chi connectivity index (χ2n) is 5.94. The molecule has 0 amide bonds. The maximum atomic E-state index is 11.8. The van der Waals surface area contributed by atoms with Crippen molar-refractivity contribution < 1.29 is 9.90 Å². The van der Waals surface area contributed by atoms with Crippen molar-refractivity contribution in [2.75, 3.05) is 13.1 Å². The largest absolute Gasteiger partial charge is 0.480 e. The highest BCUT2D eigenvalue weighted by atomic mass is 16.4. The Bertz CT molecular complexity index is 377. The lowest BCUT2D eigenvalue weighted by Gasteiger charge is -2.38. The van der Waals surface area contributed by atoms with Crippen molar-refractivity contribution in [3.8, 4) is 0 Å². The van der Waals surface area contributed by atoms with Gasteiger partial charge in [0.25, 0.3) is 0 Å². The van der Waals surface area contributed by atoms with Crippen LogP contribution in [0.2, 0.25) is 0 Å². The fourth-order valence-electron chi connectivity index (χ4n) is 2.73. The molecule has 1 unspecified atom stereocenters. The lowest BCUT2D eigenvalue weighted by Crippen LogP contribution is -2.54. The third-order valence-electron chi connectivity index (χ3n) is 4.23. The Morgan fingerprint density at radius 2 is 1.67 bits per heavy atom. The molecule has 3 heteroatoms. The lowest BCUT2D eigenvalue weighted by molar-refractivity contribution is -0.151. The number of carboxylic acid groups (broad SMARTS) is 1. The smallest absolute Gasteiger partial charge is 0.324 e. The number of likely N-dealkylation sites (N-methyl/N-ethyl adjacent to an activating group) is 1. The van der Waals surface area contributed by atoms with E-state index in [-0.39, 0.29) is 0 Å². The van der Waals surface area contributed by atoms with Gasteiger partial charge in [0, 0.05) is 0 Å². The van der Waals surface area contributed by atoms with Crippen LogP contribution >= 0.6 is 0 Å². The molecule has 0 radical (unpaired) electrons. The number of hydrogen-bond acceptors (Lipinski definition) is 2. The first kappa shape index (κ1) is 19.9.